The molecule has 0 amide bonds. The first kappa shape index (κ1) is 25.4. The summed E-state index contributed by atoms with van der Waals surface area (Å²) < 4.78 is 22.5. The van der Waals surface area contributed by atoms with E-state index in [9.17, 15) is 45.6 Å². The lowest BCUT2D eigenvalue weighted by atomic mass is 9.77. The van der Waals surface area contributed by atoms with Gasteiger partial charge in [0.25, 0.3) is 0 Å². The molecule has 0 radical (unpaired) electrons. The van der Waals surface area contributed by atoms with Gasteiger partial charge in [0.05, 0.1) is 37.8 Å². The number of hydrogen-bond acceptors (Lipinski definition) is 12. The van der Waals surface area contributed by atoms with Gasteiger partial charge in [0.2, 0.25) is 0 Å². The van der Waals surface area contributed by atoms with E-state index in [4.69, 9.17) is 18.9 Å². The Kier molecular flexibility index (Phi) is 7.05. The molecule has 3 fully saturated rings. The summed E-state index contributed by atoms with van der Waals surface area (Å²) in [5.41, 5.74) is -1.80. The summed E-state index contributed by atoms with van der Waals surface area (Å²) in [6.07, 6.45) is -11.5. The second-order valence-electron chi connectivity index (χ2n) is 9.23. The molecular formula is C21H30O13. The summed E-state index contributed by atoms with van der Waals surface area (Å²) >= 11 is 0. The first-order valence-corrected chi connectivity index (χ1v) is 10.9. The molecule has 8 N–H and O–H groups in total. The summed E-state index contributed by atoms with van der Waals surface area (Å²) in [5.74, 6) is -2.69. The van der Waals surface area contributed by atoms with Crippen LogP contribution in [0.3, 0.4) is 0 Å². The molecule has 2 saturated heterocycles. The Morgan fingerprint density at radius 3 is 2.47 bits per heavy atom. The normalized spacial score (nSPS) is 48.9. The zero-order chi connectivity index (χ0) is 24.9. The highest BCUT2D eigenvalue weighted by Crippen LogP contribution is 2.48. The Hall–Kier alpha value is -1.65. The van der Waals surface area contributed by atoms with Crippen molar-refractivity contribution in [3.8, 4) is 0 Å². The molecule has 4 aliphatic rings. The molecule has 0 aromatic heterocycles. The van der Waals surface area contributed by atoms with Gasteiger partial charge in [0.15, 0.2) is 6.29 Å². The largest absolute Gasteiger partial charge is 0.494 e. The third kappa shape index (κ3) is 4.05. The van der Waals surface area contributed by atoms with E-state index in [1.165, 1.54) is 0 Å². The lowest BCUT2D eigenvalue weighted by Gasteiger charge is -2.48. The highest BCUT2D eigenvalue weighted by molar-refractivity contribution is 5.87. The summed E-state index contributed by atoms with van der Waals surface area (Å²) in [7, 11) is 0. The van der Waals surface area contributed by atoms with Crippen LogP contribution in [0.1, 0.15) is 6.42 Å². The van der Waals surface area contributed by atoms with Crippen LogP contribution in [0.25, 0.3) is 0 Å². The predicted molar refractivity (Wildman–Crippen MR) is 108 cm³/mol. The average Bonchev–Trinajstić information content (AvgIpc) is 3.27. The quantitative estimate of drug-likeness (QED) is 0.168. The molecule has 0 unspecified atom stereocenters. The summed E-state index contributed by atoms with van der Waals surface area (Å²) in [6, 6.07) is 0. The molecule has 192 valence electrons. The third-order valence-electron chi connectivity index (χ3n) is 7.22. The van der Waals surface area contributed by atoms with Crippen molar-refractivity contribution < 1.29 is 64.6 Å². The van der Waals surface area contributed by atoms with E-state index in [1.807, 2.05) is 0 Å². The van der Waals surface area contributed by atoms with Crippen molar-refractivity contribution in [1.82, 2.24) is 0 Å². The van der Waals surface area contributed by atoms with Crippen molar-refractivity contribution in [2.75, 3.05) is 19.8 Å². The number of carboxylic acids is 1. The van der Waals surface area contributed by atoms with E-state index in [0.29, 0.717) is 0 Å². The minimum atomic E-state index is -2.01. The van der Waals surface area contributed by atoms with E-state index < -0.39 is 98.3 Å². The fraction of sp³-hybridized carbons (Fsp3) is 0.762. The van der Waals surface area contributed by atoms with Crippen LogP contribution in [0.4, 0.5) is 0 Å². The van der Waals surface area contributed by atoms with Gasteiger partial charge in [-0.25, -0.2) is 4.79 Å². The van der Waals surface area contributed by atoms with Gasteiger partial charge in [0, 0.05) is 11.8 Å². The molecule has 13 nitrogen and oxygen atoms in total. The molecule has 1 aliphatic carbocycles. The van der Waals surface area contributed by atoms with Gasteiger partial charge in [-0.1, -0.05) is 6.58 Å². The SMILES string of the molecule is C=C1[C@H]2[C@H]([C@@H]3O[C@H](CO)[C@@H](O)[C@H](O)[C@H]3O[C@@H]3OC[C@](O)(CO)[C@H]3O)OC=C(C(=O)O)[C@H]2C[C@@H]1O. The van der Waals surface area contributed by atoms with Crippen molar-refractivity contribution in [3.05, 3.63) is 24.0 Å². The van der Waals surface area contributed by atoms with Gasteiger partial charge in [-0.2, -0.15) is 0 Å². The van der Waals surface area contributed by atoms with Crippen LogP contribution in [-0.4, -0.2) is 127 Å². The fourth-order valence-electron chi connectivity index (χ4n) is 5.20. The number of hydrogen-bond donors (Lipinski definition) is 8. The molecule has 0 aromatic rings. The molecule has 3 heterocycles. The van der Waals surface area contributed by atoms with E-state index in [-0.39, 0.29) is 17.6 Å². The van der Waals surface area contributed by atoms with Crippen LogP contribution in [-0.2, 0) is 23.7 Å². The van der Waals surface area contributed by atoms with E-state index in [2.05, 4.69) is 6.58 Å². The fourth-order valence-corrected chi connectivity index (χ4v) is 5.20. The van der Waals surface area contributed by atoms with Crippen LogP contribution in [0.15, 0.2) is 24.0 Å². The number of ether oxygens (including phenoxy) is 4. The monoisotopic (exact) mass is 490 g/mol. The van der Waals surface area contributed by atoms with Crippen molar-refractivity contribution in [2.24, 2.45) is 11.8 Å². The Morgan fingerprint density at radius 1 is 1.18 bits per heavy atom. The van der Waals surface area contributed by atoms with Crippen molar-refractivity contribution >= 4 is 5.97 Å². The molecule has 3 aliphatic heterocycles. The van der Waals surface area contributed by atoms with Crippen molar-refractivity contribution in [3.63, 3.8) is 0 Å². The Balaban J connectivity index is 1.67. The molecular weight excluding hydrogens is 460 g/mol. The van der Waals surface area contributed by atoms with Crippen molar-refractivity contribution in [1.29, 1.82) is 0 Å². The maximum absolute atomic E-state index is 11.7. The minimum absolute atomic E-state index is 0.0718. The lowest BCUT2D eigenvalue weighted by molar-refractivity contribution is -0.301. The van der Waals surface area contributed by atoms with Crippen LogP contribution in [0.5, 0.6) is 0 Å². The van der Waals surface area contributed by atoms with Gasteiger partial charge in [-0.15, -0.1) is 0 Å². The maximum Gasteiger partial charge on any atom is 0.334 e. The molecule has 4 rings (SSSR count). The lowest BCUT2D eigenvalue weighted by Crippen LogP contribution is -2.65. The summed E-state index contributed by atoms with van der Waals surface area (Å²) in [4.78, 5) is 11.7. The van der Waals surface area contributed by atoms with Gasteiger partial charge in [-0.05, 0) is 12.0 Å². The molecule has 34 heavy (non-hydrogen) atoms. The minimum Gasteiger partial charge on any atom is -0.494 e. The smallest absolute Gasteiger partial charge is 0.334 e. The summed E-state index contributed by atoms with van der Waals surface area (Å²) in [5, 5.41) is 80.8. The average molecular weight is 490 g/mol. The van der Waals surface area contributed by atoms with Gasteiger partial charge in [-0.3, -0.25) is 0 Å². The first-order chi connectivity index (χ1) is 16.0. The molecule has 13 heteroatoms. The highest BCUT2D eigenvalue weighted by Gasteiger charge is 2.58. The third-order valence-corrected chi connectivity index (χ3v) is 7.22. The Bertz CT molecular complexity index is 831. The molecule has 1 saturated carbocycles. The molecule has 0 bridgehead atoms. The number of aliphatic carboxylic acids is 1. The number of rotatable bonds is 6. The molecule has 0 spiro atoms. The molecule has 0 aromatic carbocycles. The maximum atomic E-state index is 11.7. The zero-order valence-electron chi connectivity index (χ0n) is 18.1. The first-order valence-electron chi connectivity index (χ1n) is 10.9. The number of fused-ring (bicyclic) bond motifs is 1. The molecule has 12 atom stereocenters. The van der Waals surface area contributed by atoms with Crippen LogP contribution in [0.2, 0.25) is 0 Å². The van der Waals surface area contributed by atoms with E-state index in [0.717, 1.165) is 6.26 Å². The van der Waals surface area contributed by atoms with Gasteiger partial charge in [0.1, 0.15) is 48.3 Å². The van der Waals surface area contributed by atoms with E-state index >= 15 is 0 Å². The second-order valence-corrected chi connectivity index (χ2v) is 9.23. The highest BCUT2D eigenvalue weighted by atomic mass is 16.7. The number of aliphatic hydroxyl groups excluding tert-OH is 6. The number of carboxylic acid groups (broad SMARTS) is 1. The van der Waals surface area contributed by atoms with Gasteiger partial charge < -0.3 is 59.8 Å². The van der Waals surface area contributed by atoms with Crippen LogP contribution < -0.4 is 0 Å². The second kappa shape index (κ2) is 9.43. The predicted octanol–water partition coefficient (Wildman–Crippen LogP) is -3.79. The number of aliphatic hydroxyl groups is 7. The Labute approximate surface area is 194 Å². The number of carbonyl (C=O) groups is 1. The zero-order valence-corrected chi connectivity index (χ0v) is 18.1. The van der Waals surface area contributed by atoms with E-state index in [1.54, 1.807) is 0 Å². The van der Waals surface area contributed by atoms with Crippen molar-refractivity contribution in [2.45, 2.75) is 67.1 Å². The van der Waals surface area contributed by atoms with Crippen LogP contribution in [0, 0.1) is 11.8 Å². The Morgan fingerprint density at radius 2 is 1.88 bits per heavy atom. The van der Waals surface area contributed by atoms with Gasteiger partial charge >= 0.3 is 5.97 Å². The topological polar surface area (TPSA) is 216 Å². The summed E-state index contributed by atoms with van der Waals surface area (Å²) in [6.45, 7) is 1.90. The van der Waals surface area contributed by atoms with Crippen LogP contribution >= 0.6 is 0 Å². The standard InChI is InChI=1S/C21H30O13/c1-7-10(24)2-8-9(19(28)29)4-31-15(12(7)8)17-16(14(26)13(25)11(3-22)33-17)34-20-18(27)21(30,5-23)6-32-20/h4,8,10-18,20,22-27,30H,1-3,5-6H2,(H,28,29)/t8-,10+,11-,12-,13-,14+,15-,16-,17+,18+,20+,21-/m1/s1.